The number of nitrogens with two attached hydrogens (primary N) is 1. The number of aromatic nitrogens is 2. The minimum absolute atomic E-state index is 0.0970. The first-order valence-electron chi connectivity index (χ1n) is 6.48. The predicted octanol–water partition coefficient (Wildman–Crippen LogP) is 2.96. The zero-order valence-electron chi connectivity index (χ0n) is 11.4. The SMILES string of the molecule is CCCn1nccc1C(N)c1c(C)cccc1C. The Morgan fingerprint density at radius 3 is 2.50 bits per heavy atom. The average Bonchev–Trinajstić information content (AvgIpc) is 2.77. The van der Waals surface area contributed by atoms with Crippen LogP contribution < -0.4 is 5.73 Å². The molecule has 1 heterocycles. The maximum absolute atomic E-state index is 6.43. The molecule has 0 fully saturated rings. The lowest BCUT2D eigenvalue weighted by Gasteiger charge is -2.18. The minimum atomic E-state index is -0.0970. The zero-order valence-corrected chi connectivity index (χ0v) is 11.4. The summed E-state index contributed by atoms with van der Waals surface area (Å²) in [5, 5.41) is 4.35. The molecule has 18 heavy (non-hydrogen) atoms. The van der Waals surface area contributed by atoms with E-state index in [1.165, 1.54) is 16.7 Å². The molecular weight excluding hydrogens is 222 g/mol. The molecular formula is C15H21N3. The van der Waals surface area contributed by atoms with E-state index in [-0.39, 0.29) is 6.04 Å². The summed E-state index contributed by atoms with van der Waals surface area (Å²) < 4.78 is 2.01. The van der Waals surface area contributed by atoms with Crippen molar-refractivity contribution < 1.29 is 0 Å². The van der Waals surface area contributed by atoms with Crippen molar-refractivity contribution in [2.75, 3.05) is 0 Å². The Kier molecular flexibility index (Phi) is 3.82. The molecule has 1 atom stereocenters. The van der Waals surface area contributed by atoms with Crippen LogP contribution in [-0.2, 0) is 6.54 Å². The molecule has 2 aromatic rings. The molecule has 0 aliphatic rings. The Morgan fingerprint density at radius 2 is 1.89 bits per heavy atom. The number of benzene rings is 1. The molecule has 3 heteroatoms. The van der Waals surface area contributed by atoms with Crippen LogP contribution in [0.2, 0.25) is 0 Å². The van der Waals surface area contributed by atoms with E-state index in [9.17, 15) is 0 Å². The Balaban J connectivity index is 2.41. The average molecular weight is 243 g/mol. The van der Waals surface area contributed by atoms with Gasteiger partial charge in [0.2, 0.25) is 0 Å². The summed E-state index contributed by atoms with van der Waals surface area (Å²) in [5.41, 5.74) is 11.2. The van der Waals surface area contributed by atoms with Crippen LogP contribution in [0.4, 0.5) is 0 Å². The Bertz CT molecular complexity index is 508. The van der Waals surface area contributed by atoms with Gasteiger partial charge in [0.15, 0.2) is 0 Å². The third kappa shape index (κ3) is 2.31. The summed E-state index contributed by atoms with van der Waals surface area (Å²) in [6.45, 7) is 7.29. The van der Waals surface area contributed by atoms with Gasteiger partial charge in [-0.2, -0.15) is 5.10 Å². The summed E-state index contributed by atoms with van der Waals surface area (Å²) in [6.07, 6.45) is 2.90. The van der Waals surface area contributed by atoms with Gasteiger partial charge in [-0.15, -0.1) is 0 Å². The molecule has 0 saturated heterocycles. The normalized spacial score (nSPS) is 12.7. The summed E-state index contributed by atoms with van der Waals surface area (Å²) in [6, 6.07) is 8.22. The fourth-order valence-electron chi connectivity index (χ4n) is 2.47. The second kappa shape index (κ2) is 5.36. The lowest BCUT2D eigenvalue weighted by atomic mass is 9.95. The van der Waals surface area contributed by atoms with Crippen molar-refractivity contribution in [2.24, 2.45) is 5.73 Å². The van der Waals surface area contributed by atoms with E-state index < -0.39 is 0 Å². The van der Waals surface area contributed by atoms with Crippen LogP contribution in [0.1, 0.15) is 41.8 Å². The van der Waals surface area contributed by atoms with Crippen molar-refractivity contribution in [3.8, 4) is 0 Å². The van der Waals surface area contributed by atoms with Crippen LogP contribution in [0.25, 0.3) is 0 Å². The first-order chi connectivity index (χ1) is 8.65. The van der Waals surface area contributed by atoms with Gasteiger partial charge in [0.25, 0.3) is 0 Å². The van der Waals surface area contributed by atoms with Crippen LogP contribution >= 0.6 is 0 Å². The van der Waals surface area contributed by atoms with Gasteiger partial charge in [-0.1, -0.05) is 25.1 Å². The maximum atomic E-state index is 6.43. The summed E-state index contributed by atoms with van der Waals surface area (Å²) in [5.74, 6) is 0. The van der Waals surface area contributed by atoms with Gasteiger partial charge >= 0.3 is 0 Å². The quantitative estimate of drug-likeness (QED) is 0.897. The van der Waals surface area contributed by atoms with Gasteiger partial charge in [0.1, 0.15) is 0 Å². The lowest BCUT2D eigenvalue weighted by molar-refractivity contribution is 0.558. The third-order valence-corrected chi connectivity index (χ3v) is 3.36. The summed E-state index contributed by atoms with van der Waals surface area (Å²) in [4.78, 5) is 0. The van der Waals surface area contributed by atoms with Crippen LogP contribution in [0.5, 0.6) is 0 Å². The second-order valence-electron chi connectivity index (χ2n) is 4.76. The summed E-state index contributed by atoms with van der Waals surface area (Å²) >= 11 is 0. The molecule has 2 N–H and O–H groups in total. The standard InChI is InChI=1S/C15H21N3/c1-4-10-18-13(8-9-17-18)15(16)14-11(2)6-5-7-12(14)3/h5-9,15H,4,10,16H2,1-3H3. The molecule has 0 aliphatic heterocycles. The molecule has 0 saturated carbocycles. The van der Waals surface area contributed by atoms with Gasteiger partial charge < -0.3 is 5.73 Å². The van der Waals surface area contributed by atoms with Gasteiger partial charge in [-0.05, 0) is 43.0 Å². The number of aryl methyl sites for hydroxylation is 3. The van der Waals surface area contributed by atoms with Crippen molar-refractivity contribution in [3.63, 3.8) is 0 Å². The van der Waals surface area contributed by atoms with E-state index in [1.807, 2.05) is 16.9 Å². The highest BCUT2D eigenvalue weighted by molar-refractivity contribution is 5.39. The number of hydrogen-bond donors (Lipinski definition) is 1. The van der Waals surface area contributed by atoms with E-state index in [4.69, 9.17) is 5.73 Å². The molecule has 1 aromatic carbocycles. The molecule has 0 aliphatic carbocycles. The van der Waals surface area contributed by atoms with Gasteiger partial charge in [-0.3, -0.25) is 4.68 Å². The Morgan fingerprint density at radius 1 is 1.22 bits per heavy atom. The van der Waals surface area contributed by atoms with Crippen molar-refractivity contribution in [3.05, 3.63) is 52.8 Å². The maximum Gasteiger partial charge on any atom is 0.0728 e. The van der Waals surface area contributed by atoms with Crippen molar-refractivity contribution in [1.29, 1.82) is 0 Å². The first-order valence-corrected chi connectivity index (χ1v) is 6.48. The zero-order chi connectivity index (χ0) is 13.1. The smallest absolute Gasteiger partial charge is 0.0728 e. The van der Waals surface area contributed by atoms with Gasteiger partial charge in [0.05, 0.1) is 11.7 Å². The molecule has 1 unspecified atom stereocenters. The van der Waals surface area contributed by atoms with E-state index in [0.29, 0.717) is 0 Å². The number of nitrogens with zero attached hydrogens (tertiary/aromatic N) is 2. The molecule has 1 aromatic heterocycles. The van der Waals surface area contributed by atoms with Crippen molar-refractivity contribution in [1.82, 2.24) is 9.78 Å². The topological polar surface area (TPSA) is 43.8 Å². The molecule has 0 bridgehead atoms. The third-order valence-electron chi connectivity index (χ3n) is 3.36. The number of rotatable bonds is 4. The largest absolute Gasteiger partial charge is 0.319 e. The van der Waals surface area contributed by atoms with Crippen molar-refractivity contribution in [2.45, 2.75) is 39.8 Å². The molecule has 0 spiro atoms. The fourth-order valence-corrected chi connectivity index (χ4v) is 2.47. The molecule has 2 rings (SSSR count). The highest BCUT2D eigenvalue weighted by Gasteiger charge is 2.17. The first kappa shape index (κ1) is 12.8. The van der Waals surface area contributed by atoms with Gasteiger partial charge in [0, 0.05) is 12.7 Å². The molecule has 3 nitrogen and oxygen atoms in total. The lowest BCUT2D eigenvalue weighted by Crippen LogP contribution is -2.19. The molecule has 96 valence electrons. The number of hydrogen-bond acceptors (Lipinski definition) is 2. The van der Waals surface area contributed by atoms with E-state index in [1.54, 1.807) is 0 Å². The molecule has 0 radical (unpaired) electrons. The highest BCUT2D eigenvalue weighted by atomic mass is 15.3. The van der Waals surface area contributed by atoms with Gasteiger partial charge in [-0.25, -0.2) is 0 Å². The van der Waals surface area contributed by atoms with Crippen LogP contribution in [0.3, 0.4) is 0 Å². The van der Waals surface area contributed by atoms with E-state index in [2.05, 4.69) is 44.1 Å². The minimum Gasteiger partial charge on any atom is -0.319 e. The molecule has 0 amide bonds. The van der Waals surface area contributed by atoms with Crippen molar-refractivity contribution >= 4 is 0 Å². The van der Waals surface area contributed by atoms with E-state index in [0.717, 1.165) is 18.7 Å². The monoisotopic (exact) mass is 243 g/mol. The second-order valence-corrected chi connectivity index (χ2v) is 4.76. The predicted molar refractivity (Wildman–Crippen MR) is 74.5 cm³/mol. The highest BCUT2D eigenvalue weighted by Crippen LogP contribution is 2.25. The Labute approximate surface area is 109 Å². The van der Waals surface area contributed by atoms with Crippen LogP contribution in [0, 0.1) is 13.8 Å². The fraction of sp³-hybridized carbons (Fsp3) is 0.400. The van der Waals surface area contributed by atoms with Crippen LogP contribution in [-0.4, -0.2) is 9.78 Å². The Hall–Kier alpha value is -1.61. The van der Waals surface area contributed by atoms with E-state index >= 15 is 0 Å². The van der Waals surface area contributed by atoms with Crippen LogP contribution in [0.15, 0.2) is 30.5 Å². The summed E-state index contributed by atoms with van der Waals surface area (Å²) in [7, 11) is 0.